The minimum absolute atomic E-state index is 0.00240. The second-order valence-corrected chi connectivity index (χ2v) is 13.7. The smallest absolute Gasteiger partial charge is 0.308 e. The number of carbonyl (C=O) groups is 3. The Hall–Kier alpha value is -1.83. The summed E-state index contributed by atoms with van der Waals surface area (Å²) in [6.45, 7) is 7.25. The molecule has 0 aromatic heterocycles. The summed E-state index contributed by atoms with van der Waals surface area (Å²) >= 11 is 0. The lowest BCUT2D eigenvalue weighted by Crippen LogP contribution is -2.63. The molecule has 0 spiro atoms. The first kappa shape index (κ1) is 28.7. The van der Waals surface area contributed by atoms with Gasteiger partial charge in [0.15, 0.2) is 18.7 Å². The topological polar surface area (TPSA) is 110 Å². The van der Waals surface area contributed by atoms with Gasteiger partial charge >= 0.3 is 5.97 Å². The highest BCUT2D eigenvalue weighted by atomic mass is 16.6. The van der Waals surface area contributed by atoms with Crippen LogP contribution in [0.4, 0.5) is 0 Å². The van der Waals surface area contributed by atoms with Gasteiger partial charge in [0.1, 0.15) is 5.60 Å². The number of Topliss-reactive ketones (excluding diaryl/α,β-unsaturated/α-hetero) is 1. The molecule has 8 atom stereocenters. The van der Waals surface area contributed by atoms with Gasteiger partial charge < -0.3 is 19.7 Å². The number of hydrogen-bond donors (Lipinski definition) is 2. The number of rotatable bonds is 7. The molecule has 216 valence electrons. The van der Waals surface area contributed by atoms with Crippen molar-refractivity contribution in [1.82, 2.24) is 0 Å². The molecule has 0 radical (unpaired) electrons. The van der Waals surface area contributed by atoms with Gasteiger partial charge in [-0.3, -0.25) is 14.4 Å². The minimum atomic E-state index is -1.34. The van der Waals surface area contributed by atoms with Gasteiger partial charge in [0.2, 0.25) is 5.78 Å². The van der Waals surface area contributed by atoms with Crippen molar-refractivity contribution in [1.29, 1.82) is 0 Å². The molecule has 7 nitrogen and oxygen atoms in total. The quantitative estimate of drug-likeness (QED) is 0.355. The number of carbonyl (C=O) groups excluding carboxylic acids is 3. The summed E-state index contributed by atoms with van der Waals surface area (Å²) in [5.41, 5.74) is -1.38. The van der Waals surface area contributed by atoms with E-state index in [1.165, 1.54) is 0 Å². The summed E-state index contributed by atoms with van der Waals surface area (Å²) in [6.07, 6.45) is 11.6. The summed E-state index contributed by atoms with van der Waals surface area (Å²) in [5.74, 6) is -0.957. The predicted octanol–water partition coefficient (Wildman–Crippen LogP) is 4.69. The molecule has 0 aromatic rings. The highest BCUT2D eigenvalue weighted by Gasteiger charge is 2.69. The largest absolute Gasteiger partial charge is 0.457 e. The number of fused-ring (bicyclic) bond motifs is 5. The summed E-state index contributed by atoms with van der Waals surface area (Å²) < 4.78 is 12.0. The third-order valence-electron chi connectivity index (χ3n) is 11.3. The van der Waals surface area contributed by atoms with Crippen LogP contribution >= 0.6 is 0 Å². The number of esters is 1. The van der Waals surface area contributed by atoms with Crippen molar-refractivity contribution in [2.24, 2.45) is 40.4 Å². The van der Waals surface area contributed by atoms with Crippen LogP contribution in [-0.4, -0.2) is 52.4 Å². The zero-order chi connectivity index (χ0) is 28.2. The van der Waals surface area contributed by atoms with E-state index < -0.39 is 41.4 Å². The Morgan fingerprint density at radius 1 is 1.10 bits per heavy atom. The van der Waals surface area contributed by atoms with Gasteiger partial charge in [-0.25, -0.2) is 0 Å². The summed E-state index contributed by atoms with van der Waals surface area (Å²) in [5, 5.41) is 23.2. The van der Waals surface area contributed by atoms with Crippen LogP contribution in [0.2, 0.25) is 0 Å². The Balaban J connectivity index is 1.48. The van der Waals surface area contributed by atoms with E-state index in [0.29, 0.717) is 12.8 Å². The molecular formula is C32H46O7. The molecule has 0 bridgehead atoms. The second kappa shape index (κ2) is 10.5. The summed E-state index contributed by atoms with van der Waals surface area (Å²) in [4.78, 5) is 38.5. The van der Waals surface area contributed by atoms with E-state index in [1.807, 2.05) is 13.0 Å². The Labute approximate surface area is 232 Å². The Morgan fingerprint density at radius 3 is 2.51 bits per heavy atom. The molecule has 0 aliphatic heterocycles. The monoisotopic (exact) mass is 542 g/mol. The number of ketones is 2. The third-order valence-corrected chi connectivity index (χ3v) is 11.3. The fourth-order valence-electron chi connectivity index (χ4n) is 9.17. The van der Waals surface area contributed by atoms with Gasteiger partial charge in [-0.15, -0.1) is 0 Å². The lowest BCUT2D eigenvalue weighted by atomic mass is 9.46. The fraction of sp³-hybridized carbons (Fsp3) is 0.781. The molecule has 3 unspecified atom stereocenters. The molecule has 4 fully saturated rings. The van der Waals surface area contributed by atoms with Crippen molar-refractivity contribution in [2.45, 2.75) is 110 Å². The van der Waals surface area contributed by atoms with E-state index in [9.17, 15) is 24.6 Å². The molecule has 39 heavy (non-hydrogen) atoms. The van der Waals surface area contributed by atoms with Gasteiger partial charge in [0.05, 0.1) is 12.0 Å². The lowest BCUT2D eigenvalue weighted by Gasteiger charge is -2.60. The van der Waals surface area contributed by atoms with Crippen molar-refractivity contribution in [2.75, 3.05) is 6.61 Å². The number of aliphatic hydroxyl groups is 2. The summed E-state index contributed by atoms with van der Waals surface area (Å²) in [7, 11) is 0. The highest BCUT2D eigenvalue weighted by molar-refractivity contribution is 6.01. The molecule has 4 saturated carbocycles. The van der Waals surface area contributed by atoms with Crippen LogP contribution in [-0.2, 0) is 23.9 Å². The van der Waals surface area contributed by atoms with Crippen molar-refractivity contribution in [3.05, 3.63) is 23.8 Å². The second-order valence-electron chi connectivity index (χ2n) is 13.7. The molecule has 5 aliphatic carbocycles. The predicted molar refractivity (Wildman–Crippen MR) is 145 cm³/mol. The van der Waals surface area contributed by atoms with Crippen LogP contribution in [0.1, 0.15) is 91.9 Å². The van der Waals surface area contributed by atoms with Gasteiger partial charge in [-0.1, -0.05) is 58.6 Å². The van der Waals surface area contributed by atoms with Gasteiger partial charge in [0.25, 0.3) is 0 Å². The van der Waals surface area contributed by atoms with E-state index >= 15 is 0 Å². The molecular weight excluding hydrogens is 496 g/mol. The first-order chi connectivity index (χ1) is 18.4. The van der Waals surface area contributed by atoms with Crippen LogP contribution in [0.15, 0.2) is 23.8 Å². The molecule has 2 N–H and O–H groups in total. The zero-order valence-corrected chi connectivity index (χ0v) is 24.0. The highest BCUT2D eigenvalue weighted by Crippen LogP contribution is 2.68. The average Bonchev–Trinajstić information content (AvgIpc) is 3.19. The van der Waals surface area contributed by atoms with Gasteiger partial charge in [-0.2, -0.15) is 0 Å². The number of aliphatic hydroxyl groups excluding tert-OH is 2. The van der Waals surface area contributed by atoms with E-state index in [0.717, 1.165) is 56.9 Å². The number of allylic oxidation sites excluding steroid dienone is 4. The van der Waals surface area contributed by atoms with Crippen LogP contribution < -0.4 is 0 Å². The molecule has 0 heterocycles. The lowest BCUT2D eigenvalue weighted by molar-refractivity contribution is -0.255. The SMILES string of the molecule is CC(C)C(=O)OCC(=O)[C@@]1(O[C@@H](O)C2CCCCC2)CCC2C3CCC4=CC(=O)C=C[C@]4(C)C3[C@@H](O)C[C@@]21C. The van der Waals surface area contributed by atoms with Crippen LogP contribution in [0.3, 0.4) is 0 Å². The van der Waals surface area contributed by atoms with Crippen LogP contribution in [0, 0.1) is 40.4 Å². The minimum Gasteiger partial charge on any atom is -0.457 e. The first-order valence-electron chi connectivity index (χ1n) is 15.1. The van der Waals surface area contributed by atoms with Gasteiger partial charge in [-0.05, 0) is 68.9 Å². The van der Waals surface area contributed by atoms with E-state index in [1.54, 1.807) is 26.0 Å². The van der Waals surface area contributed by atoms with Gasteiger partial charge in [0, 0.05) is 22.7 Å². The van der Waals surface area contributed by atoms with Crippen molar-refractivity contribution in [3.8, 4) is 0 Å². The molecule has 0 amide bonds. The Bertz CT molecular complexity index is 1050. The fourth-order valence-corrected chi connectivity index (χ4v) is 9.17. The molecule has 5 rings (SSSR count). The number of hydrogen-bond acceptors (Lipinski definition) is 7. The number of ether oxygens (including phenoxy) is 2. The Morgan fingerprint density at radius 2 is 1.82 bits per heavy atom. The standard InChI is InChI=1S/C32H46O7/c1-19(2)28(36)38-18-26(35)32(39-29(37)20-8-6-5-7-9-20)15-13-24-23-11-10-21-16-22(33)12-14-30(21,3)27(23)25(34)17-31(24,32)4/h12,14,16,19-20,23-25,27,29,34,37H,5-11,13,15,17-18H2,1-4H3/t23?,24?,25-,27?,29+,30-,31-,32-/m0/s1. The van der Waals surface area contributed by atoms with E-state index in [-0.39, 0.29) is 41.2 Å². The molecule has 0 aromatic carbocycles. The molecule has 0 saturated heterocycles. The van der Waals surface area contributed by atoms with Crippen molar-refractivity contribution < 1.29 is 34.1 Å². The van der Waals surface area contributed by atoms with Crippen molar-refractivity contribution >= 4 is 17.5 Å². The molecule has 7 heteroatoms. The van der Waals surface area contributed by atoms with Crippen molar-refractivity contribution in [3.63, 3.8) is 0 Å². The molecule has 5 aliphatic rings. The average molecular weight is 543 g/mol. The normalized spacial score (nSPS) is 40.9. The van der Waals surface area contributed by atoms with Crippen LogP contribution in [0.5, 0.6) is 0 Å². The maximum absolute atomic E-state index is 14.1. The van der Waals surface area contributed by atoms with E-state index in [4.69, 9.17) is 9.47 Å². The van der Waals surface area contributed by atoms with E-state index in [2.05, 4.69) is 6.92 Å². The maximum atomic E-state index is 14.1. The first-order valence-corrected chi connectivity index (χ1v) is 15.1. The third kappa shape index (κ3) is 4.66. The Kier molecular flexibility index (Phi) is 7.75. The maximum Gasteiger partial charge on any atom is 0.308 e. The zero-order valence-electron chi connectivity index (χ0n) is 24.0. The van der Waals surface area contributed by atoms with Crippen LogP contribution in [0.25, 0.3) is 0 Å². The summed E-state index contributed by atoms with van der Waals surface area (Å²) in [6, 6.07) is 0.